The minimum atomic E-state index is 0.0989. The van der Waals surface area contributed by atoms with Crippen molar-refractivity contribution in [2.45, 2.75) is 19.3 Å². The van der Waals surface area contributed by atoms with Gasteiger partial charge in [0, 0.05) is 26.7 Å². The molecule has 1 fully saturated rings. The highest BCUT2D eigenvalue weighted by Crippen LogP contribution is 2.19. The summed E-state index contributed by atoms with van der Waals surface area (Å²) in [7, 11) is 1.77. The predicted molar refractivity (Wildman–Crippen MR) is 102 cm³/mol. The molecule has 0 spiro atoms. The van der Waals surface area contributed by atoms with Crippen LogP contribution in [0.4, 0.5) is 0 Å². The lowest BCUT2D eigenvalue weighted by atomic mass is 9.99. The number of likely N-dealkylation sites (tertiary alicyclic amines) is 1. The fourth-order valence-corrected chi connectivity index (χ4v) is 3.76. The van der Waals surface area contributed by atoms with E-state index in [9.17, 15) is 4.79 Å². The quantitative estimate of drug-likeness (QED) is 0.843. The van der Waals surface area contributed by atoms with Crippen LogP contribution in [0.25, 0.3) is 10.8 Å². The van der Waals surface area contributed by atoms with E-state index < -0.39 is 0 Å². The van der Waals surface area contributed by atoms with Gasteiger partial charge in [-0.3, -0.25) is 4.79 Å². The topological polar surface area (TPSA) is 41.6 Å². The van der Waals surface area contributed by atoms with Crippen molar-refractivity contribution in [3.05, 3.63) is 48.0 Å². The summed E-state index contributed by atoms with van der Waals surface area (Å²) in [6.45, 7) is 4.67. The summed E-state index contributed by atoms with van der Waals surface area (Å²) in [4.78, 5) is 14.8. The van der Waals surface area contributed by atoms with E-state index >= 15 is 0 Å². The zero-order valence-electron chi connectivity index (χ0n) is 15.0. The Balaban J connectivity index is 1.46. The number of hydrogen-bond donors (Lipinski definition) is 1. The van der Waals surface area contributed by atoms with Crippen molar-refractivity contribution in [3.8, 4) is 0 Å². The van der Waals surface area contributed by atoms with Gasteiger partial charge in [0.05, 0.1) is 13.0 Å². The molecule has 1 aliphatic rings. The molecule has 4 nitrogen and oxygen atoms in total. The lowest BCUT2D eigenvalue weighted by Crippen LogP contribution is -2.41. The van der Waals surface area contributed by atoms with Crippen molar-refractivity contribution >= 4 is 16.7 Å². The van der Waals surface area contributed by atoms with Crippen LogP contribution in [-0.4, -0.2) is 50.7 Å². The van der Waals surface area contributed by atoms with E-state index in [0.717, 1.165) is 31.8 Å². The number of methoxy groups -OCH3 is 1. The molecule has 1 saturated heterocycles. The van der Waals surface area contributed by atoms with Gasteiger partial charge in [-0.2, -0.15) is 0 Å². The zero-order valence-corrected chi connectivity index (χ0v) is 15.0. The molecule has 4 heteroatoms. The van der Waals surface area contributed by atoms with Crippen molar-refractivity contribution < 1.29 is 9.53 Å². The average Bonchev–Trinajstić information content (AvgIpc) is 2.63. The second kappa shape index (κ2) is 8.97. The van der Waals surface area contributed by atoms with E-state index in [1.807, 2.05) is 24.3 Å². The molecule has 1 atom stereocenters. The van der Waals surface area contributed by atoms with Crippen molar-refractivity contribution in [3.63, 3.8) is 0 Å². The van der Waals surface area contributed by atoms with Crippen molar-refractivity contribution in [2.75, 3.05) is 39.9 Å². The third kappa shape index (κ3) is 5.03. The minimum Gasteiger partial charge on any atom is -0.384 e. The summed E-state index contributed by atoms with van der Waals surface area (Å²) in [5.74, 6) is 0.729. The first-order valence-electron chi connectivity index (χ1n) is 9.21. The van der Waals surface area contributed by atoms with Gasteiger partial charge in [0.15, 0.2) is 0 Å². The summed E-state index contributed by atoms with van der Waals surface area (Å²) >= 11 is 0. The van der Waals surface area contributed by atoms with E-state index in [1.54, 1.807) is 7.11 Å². The highest BCUT2D eigenvalue weighted by molar-refractivity contribution is 5.90. The van der Waals surface area contributed by atoms with Crippen LogP contribution in [-0.2, 0) is 16.0 Å². The highest BCUT2D eigenvalue weighted by atomic mass is 16.5. The smallest absolute Gasteiger partial charge is 0.224 e. The van der Waals surface area contributed by atoms with Crippen LogP contribution < -0.4 is 5.32 Å². The third-order valence-corrected chi connectivity index (χ3v) is 4.99. The molecule has 1 aliphatic heterocycles. The number of fused-ring (bicyclic) bond motifs is 1. The molecular formula is C21H28N2O2. The average molecular weight is 340 g/mol. The van der Waals surface area contributed by atoms with Gasteiger partial charge in [-0.1, -0.05) is 42.5 Å². The van der Waals surface area contributed by atoms with Crippen molar-refractivity contribution in [2.24, 2.45) is 5.92 Å². The summed E-state index contributed by atoms with van der Waals surface area (Å²) < 4.78 is 5.28. The van der Waals surface area contributed by atoms with Gasteiger partial charge in [0.1, 0.15) is 0 Å². The van der Waals surface area contributed by atoms with Gasteiger partial charge >= 0.3 is 0 Å². The number of piperidine rings is 1. The second-order valence-electron chi connectivity index (χ2n) is 6.93. The van der Waals surface area contributed by atoms with Gasteiger partial charge in [0.25, 0.3) is 0 Å². The van der Waals surface area contributed by atoms with Crippen LogP contribution in [0.2, 0.25) is 0 Å². The van der Waals surface area contributed by atoms with Crippen LogP contribution in [0.5, 0.6) is 0 Å². The number of rotatable bonds is 7. The Kier molecular flexibility index (Phi) is 6.42. The van der Waals surface area contributed by atoms with Crippen molar-refractivity contribution in [1.29, 1.82) is 0 Å². The summed E-state index contributed by atoms with van der Waals surface area (Å²) in [6.07, 6.45) is 2.91. The fourth-order valence-electron chi connectivity index (χ4n) is 3.76. The number of amides is 1. The SMILES string of the molecule is COC[C@@H]1CCCN(CCNC(=O)Cc2cccc3ccccc23)C1. The molecule has 3 rings (SSSR count). The van der Waals surface area contributed by atoms with E-state index in [0.29, 0.717) is 18.9 Å². The monoisotopic (exact) mass is 340 g/mol. The molecule has 25 heavy (non-hydrogen) atoms. The van der Waals surface area contributed by atoms with Gasteiger partial charge < -0.3 is 15.0 Å². The Bertz CT molecular complexity index is 694. The van der Waals surface area contributed by atoms with Crippen LogP contribution in [0.1, 0.15) is 18.4 Å². The molecule has 1 amide bonds. The van der Waals surface area contributed by atoms with Crippen molar-refractivity contribution in [1.82, 2.24) is 10.2 Å². The molecule has 0 aliphatic carbocycles. The van der Waals surface area contributed by atoms with E-state index in [-0.39, 0.29) is 5.91 Å². The largest absolute Gasteiger partial charge is 0.384 e. The van der Waals surface area contributed by atoms with Gasteiger partial charge in [-0.25, -0.2) is 0 Å². The molecule has 0 unspecified atom stereocenters. The Morgan fingerprint density at radius 2 is 2.08 bits per heavy atom. The predicted octanol–water partition coefficient (Wildman–Crippen LogP) is 2.86. The molecule has 0 radical (unpaired) electrons. The summed E-state index contributed by atoms with van der Waals surface area (Å²) in [6, 6.07) is 14.4. The number of carbonyl (C=O) groups excluding carboxylic acids is 1. The number of ether oxygens (including phenoxy) is 1. The molecule has 0 saturated carbocycles. The van der Waals surface area contributed by atoms with Crippen LogP contribution in [0, 0.1) is 5.92 Å². The molecule has 1 N–H and O–H groups in total. The van der Waals surface area contributed by atoms with Gasteiger partial charge in [-0.15, -0.1) is 0 Å². The first-order chi connectivity index (χ1) is 12.3. The van der Waals surface area contributed by atoms with E-state index in [4.69, 9.17) is 4.74 Å². The summed E-state index contributed by atoms with van der Waals surface area (Å²) in [5.41, 5.74) is 1.09. The first-order valence-corrected chi connectivity index (χ1v) is 9.21. The van der Waals surface area contributed by atoms with E-state index in [2.05, 4.69) is 28.4 Å². The molecule has 2 aromatic carbocycles. The maximum Gasteiger partial charge on any atom is 0.224 e. The Hall–Kier alpha value is -1.91. The standard InChI is InChI=1S/C21H28N2O2/c1-25-16-17-6-5-12-23(15-17)13-11-22-21(24)14-19-9-4-8-18-7-2-3-10-20(18)19/h2-4,7-10,17H,5-6,11-16H2,1H3,(H,22,24)/t17-/m1/s1. The first kappa shape index (κ1) is 17.9. The molecule has 134 valence electrons. The number of nitrogens with zero attached hydrogens (tertiary/aromatic N) is 1. The lowest BCUT2D eigenvalue weighted by Gasteiger charge is -2.32. The van der Waals surface area contributed by atoms with Crippen LogP contribution in [0.3, 0.4) is 0 Å². The van der Waals surface area contributed by atoms with Gasteiger partial charge in [0.2, 0.25) is 5.91 Å². The number of benzene rings is 2. The zero-order chi connectivity index (χ0) is 17.5. The third-order valence-electron chi connectivity index (χ3n) is 4.99. The Morgan fingerprint density at radius 1 is 1.24 bits per heavy atom. The van der Waals surface area contributed by atoms with Gasteiger partial charge in [-0.05, 0) is 41.6 Å². The van der Waals surface area contributed by atoms with E-state index in [1.165, 1.54) is 23.6 Å². The maximum absolute atomic E-state index is 12.3. The highest BCUT2D eigenvalue weighted by Gasteiger charge is 2.19. The maximum atomic E-state index is 12.3. The number of hydrogen-bond acceptors (Lipinski definition) is 3. The normalized spacial score (nSPS) is 18.4. The summed E-state index contributed by atoms with van der Waals surface area (Å²) in [5, 5.41) is 5.43. The second-order valence-corrected chi connectivity index (χ2v) is 6.93. The minimum absolute atomic E-state index is 0.0989. The Morgan fingerprint density at radius 3 is 2.96 bits per heavy atom. The molecule has 0 aromatic heterocycles. The molecule has 0 bridgehead atoms. The molecule has 2 aromatic rings. The number of nitrogens with one attached hydrogen (secondary N) is 1. The Labute approximate surface area is 150 Å². The number of carbonyl (C=O) groups is 1. The molecule has 1 heterocycles. The van der Waals surface area contributed by atoms with Crippen LogP contribution in [0.15, 0.2) is 42.5 Å². The van der Waals surface area contributed by atoms with Crippen LogP contribution >= 0.6 is 0 Å². The lowest BCUT2D eigenvalue weighted by molar-refractivity contribution is -0.120. The molecular weight excluding hydrogens is 312 g/mol. The fraction of sp³-hybridized carbons (Fsp3) is 0.476.